The van der Waals surface area contributed by atoms with Crippen molar-refractivity contribution >= 4 is 17.1 Å². The maximum atomic E-state index is 11.5. The van der Waals surface area contributed by atoms with E-state index in [1.165, 1.54) is 33.4 Å². The summed E-state index contributed by atoms with van der Waals surface area (Å²) in [6, 6.07) is 28.0. The topological polar surface area (TPSA) is 41.6 Å². The molecule has 0 heterocycles. The van der Waals surface area contributed by atoms with Crippen molar-refractivity contribution in [1.82, 2.24) is 10.2 Å². The fourth-order valence-electron chi connectivity index (χ4n) is 4.17. The predicted molar refractivity (Wildman–Crippen MR) is 156 cm³/mol. The number of amides is 1. The third-order valence-corrected chi connectivity index (χ3v) is 6.30. The Bertz CT molecular complexity index is 1180. The minimum atomic E-state index is -0.0131. The van der Waals surface area contributed by atoms with Crippen LogP contribution in [0.25, 0.3) is 11.1 Å². The predicted octanol–water partition coefficient (Wildman–Crippen LogP) is 6.79. The van der Waals surface area contributed by atoms with Gasteiger partial charge in [0, 0.05) is 33.3 Å². The van der Waals surface area contributed by atoms with Crippen molar-refractivity contribution in [3.05, 3.63) is 113 Å². The Hall–Kier alpha value is -3.63. The molecule has 4 nitrogen and oxygen atoms in total. The molecule has 0 aliphatic heterocycles. The van der Waals surface area contributed by atoms with Crippen LogP contribution < -0.4 is 10.1 Å². The molecule has 3 aromatic carbocycles. The molecule has 194 valence electrons. The molecule has 3 aromatic rings. The lowest BCUT2D eigenvalue weighted by molar-refractivity contribution is -0.123. The molecule has 0 aromatic heterocycles. The van der Waals surface area contributed by atoms with Crippen LogP contribution in [0.4, 0.5) is 0 Å². The van der Waals surface area contributed by atoms with E-state index in [4.69, 9.17) is 4.74 Å². The summed E-state index contributed by atoms with van der Waals surface area (Å²) in [5.41, 5.74) is 7.60. The van der Waals surface area contributed by atoms with Gasteiger partial charge in [-0.3, -0.25) is 4.79 Å². The molecule has 0 saturated heterocycles. The van der Waals surface area contributed by atoms with E-state index in [0.29, 0.717) is 25.6 Å². The maximum Gasteiger partial charge on any atom is 0.245 e. The second kappa shape index (κ2) is 14.2. The highest BCUT2D eigenvalue weighted by atomic mass is 16.5. The molecule has 3 rings (SSSR count). The van der Waals surface area contributed by atoms with Gasteiger partial charge in [-0.25, -0.2) is 0 Å². The lowest BCUT2D eigenvalue weighted by atomic mass is 9.87. The van der Waals surface area contributed by atoms with Crippen LogP contribution in [0.3, 0.4) is 0 Å². The Kier molecular flexibility index (Phi) is 10.7. The van der Waals surface area contributed by atoms with Crippen LogP contribution in [0, 0.1) is 0 Å². The zero-order chi connectivity index (χ0) is 26.6. The van der Waals surface area contributed by atoms with Gasteiger partial charge in [0.15, 0.2) is 0 Å². The van der Waals surface area contributed by atoms with Crippen molar-refractivity contribution in [2.75, 3.05) is 33.8 Å². The van der Waals surface area contributed by atoms with Crippen LogP contribution in [0.5, 0.6) is 5.75 Å². The number of rotatable bonds is 12. The molecule has 0 aliphatic rings. The van der Waals surface area contributed by atoms with Gasteiger partial charge >= 0.3 is 0 Å². The SMILES string of the molecule is CC/C(=C(\c1ccccc1)c1ccc(OCCNC/C=C/C(=O)N(C)C)cc1)c1ccc(C(C)C)cc1. The van der Waals surface area contributed by atoms with Crippen molar-refractivity contribution in [2.24, 2.45) is 0 Å². The highest BCUT2D eigenvalue weighted by Crippen LogP contribution is 2.35. The zero-order valence-electron chi connectivity index (χ0n) is 22.8. The molecule has 0 fully saturated rings. The van der Waals surface area contributed by atoms with E-state index < -0.39 is 0 Å². The van der Waals surface area contributed by atoms with Crippen LogP contribution in [0.15, 0.2) is 91.0 Å². The minimum absolute atomic E-state index is 0.0131. The summed E-state index contributed by atoms with van der Waals surface area (Å²) in [5.74, 6) is 1.35. The van der Waals surface area contributed by atoms with Gasteiger partial charge in [-0.2, -0.15) is 0 Å². The third-order valence-electron chi connectivity index (χ3n) is 6.30. The summed E-state index contributed by atoms with van der Waals surface area (Å²) in [7, 11) is 3.48. The first-order chi connectivity index (χ1) is 17.9. The molecular weight excluding hydrogens is 456 g/mol. The standard InChI is InChI=1S/C33H40N2O2/c1-6-31(27-16-14-26(15-17-27)25(2)3)33(28-11-8-7-9-12-28)29-18-20-30(21-19-29)37-24-23-34-22-10-13-32(36)35(4)5/h7-21,25,34H,6,22-24H2,1-5H3/b13-10+,33-31-. The molecule has 4 heteroatoms. The first-order valence-electron chi connectivity index (χ1n) is 13.1. The fraction of sp³-hybridized carbons (Fsp3) is 0.303. The number of benzene rings is 3. The van der Waals surface area contributed by atoms with Gasteiger partial charge in [-0.05, 0) is 57.9 Å². The molecule has 0 unspecified atom stereocenters. The number of carbonyl (C=O) groups is 1. The second-order valence-electron chi connectivity index (χ2n) is 9.56. The first kappa shape index (κ1) is 27.9. The fourth-order valence-corrected chi connectivity index (χ4v) is 4.17. The molecule has 0 radical (unpaired) electrons. The maximum absolute atomic E-state index is 11.5. The molecule has 0 spiro atoms. The Balaban J connectivity index is 1.74. The number of allylic oxidation sites excluding steroid dienone is 1. The zero-order valence-corrected chi connectivity index (χ0v) is 22.8. The Labute approximate surface area is 222 Å². The van der Waals surface area contributed by atoms with Crippen LogP contribution >= 0.6 is 0 Å². The van der Waals surface area contributed by atoms with Gasteiger partial charge in [0.1, 0.15) is 12.4 Å². The number of nitrogens with zero attached hydrogens (tertiary/aromatic N) is 1. The van der Waals surface area contributed by atoms with Gasteiger partial charge in [-0.1, -0.05) is 93.6 Å². The number of hydrogen-bond acceptors (Lipinski definition) is 3. The summed E-state index contributed by atoms with van der Waals surface area (Å²) in [5, 5.41) is 3.26. The Morgan fingerprint density at radius 2 is 1.51 bits per heavy atom. The van der Waals surface area contributed by atoms with E-state index in [-0.39, 0.29) is 5.91 Å². The smallest absolute Gasteiger partial charge is 0.245 e. The minimum Gasteiger partial charge on any atom is -0.492 e. The molecule has 0 aliphatic carbocycles. The number of ether oxygens (including phenoxy) is 1. The normalized spacial score (nSPS) is 12.1. The molecule has 0 atom stereocenters. The highest BCUT2D eigenvalue weighted by molar-refractivity contribution is 5.98. The molecule has 1 N–H and O–H groups in total. The third kappa shape index (κ3) is 8.19. The van der Waals surface area contributed by atoms with E-state index in [9.17, 15) is 4.79 Å². The lowest BCUT2D eigenvalue weighted by Gasteiger charge is -2.17. The quantitative estimate of drug-likeness (QED) is 0.170. The molecule has 0 saturated carbocycles. The molecule has 1 amide bonds. The van der Waals surface area contributed by atoms with E-state index in [0.717, 1.165) is 12.2 Å². The summed E-state index contributed by atoms with van der Waals surface area (Å²) in [6.45, 7) is 8.57. The van der Waals surface area contributed by atoms with E-state index >= 15 is 0 Å². The lowest BCUT2D eigenvalue weighted by Crippen LogP contribution is -2.22. The van der Waals surface area contributed by atoms with Crippen molar-refractivity contribution in [3.63, 3.8) is 0 Å². The molecule has 37 heavy (non-hydrogen) atoms. The Morgan fingerprint density at radius 3 is 2.11 bits per heavy atom. The van der Waals surface area contributed by atoms with E-state index in [1.807, 2.05) is 18.2 Å². The molecular formula is C33H40N2O2. The van der Waals surface area contributed by atoms with Crippen molar-refractivity contribution in [3.8, 4) is 5.75 Å². The highest BCUT2D eigenvalue weighted by Gasteiger charge is 2.13. The first-order valence-corrected chi connectivity index (χ1v) is 13.1. The van der Waals surface area contributed by atoms with Gasteiger partial charge in [0.05, 0.1) is 0 Å². The average Bonchev–Trinajstić information content (AvgIpc) is 2.92. The number of likely N-dealkylation sites (N-methyl/N-ethyl adjacent to an activating group) is 1. The Morgan fingerprint density at radius 1 is 0.892 bits per heavy atom. The van der Waals surface area contributed by atoms with Crippen molar-refractivity contribution in [1.29, 1.82) is 0 Å². The van der Waals surface area contributed by atoms with Crippen LogP contribution in [0.1, 0.15) is 55.4 Å². The van der Waals surface area contributed by atoms with Crippen molar-refractivity contribution < 1.29 is 9.53 Å². The summed E-state index contributed by atoms with van der Waals surface area (Å²) in [6.07, 6.45) is 4.34. The van der Waals surface area contributed by atoms with Crippen LogP contribution in [-0.2, 0) is 4.79 Å². The average molecular weight is 497 g/mol. The largest absolute Gasteiger partial charge is 0.492 e. The van der Waals surface area contributed by atoms with Gasteiger partial charge in [-0.15, -0.1) is 0 Å². The van der Waals surface area contributed by atoms with Crippen LogP contribution in [-0.4, -0.2) is 44.6 Å². The van der Waals surface area contributed by atoms with Gasteiger partial charge in [0.2, 0.25) is 5.91 Å². The number of carbonyl (C=O) groups excluding carboxylic acids is 1. The number of hydrogen-bond donors (Lipinski definition) is 1. The summed E-state index contributed by atoms with van der Waals surface area (Å²) in [4.78, 5) is 13.1. The van der Waals surface area contributed by atoms with Crippen LogP contribution in [0.2, 0.25) is 0 Å². The van der Waals surface area contributed by atoms with Gasteiger partial charge < -0.3 is 15.0 Å². The van der Waals surface area contributed by atoms with Crippen molar-refractivity contribution in [2.45, 2.75) is 33.1 Å². The van der Waals surface area contributed by atoms with Gasteiger partial charge in [0.25, 0.3) is 0 Å². The number of nitrogens with one attached hydrogen (secondary N) is 1. The van der Waals surface area contributed by atoms with E-state index in [2.05, 4.69) is 92.8 Å². The monoisotopic (exact) mass is 496 g/mol. The summed E-state index contributed by atoms with van der Waals surface area (Å²) < 4.78 is 5.94. The summed E-state index contributed by atoms with van der Waals surface area (Å²) >= 11 is 0. The van der Waals surface area contributed by atoms with E-state index in [1.54, 1.807) is 25.1 Å². The second-order valence-corrected chi connectivity index (χ2v) is 9.56. The molecule has 0 bridgehead atoms.